The Morgan fingerprint density at radius 3 is 2.48 bits per heavy atom. The smallest absolute Gasteiger partial charge is 0.379 e. The lowest BCUT2D eigenvalue weighted by molar-refractivity contribution is -0.139. The molecule has 1 aromatic heterocycles. The van der Waals surface area contributed by atoms with Gasteiger partial charge in [-0.1, -0.05) is 24.8 Å². The molecule has 7 nitrogen and oxygen atoms in total. The number of carbonyl (C=O) groups excluding carboxylic acids is 1. The molecule has 2 aromatic rings. The lowest BCUT2D eigenvalue weighted by atomic mass is 10.2. The molecular weight excluding hydrogens is 328 g/mol. The molecule has 0 saturated carbocycles. The summed E-state index contributed by atoms with van der Waals surface area (Å²) < 4.78 is 25.8. The van der Waals surface area contributed by atoms with Crippen molar-refractivity contribution in [2.24, 2.45) is 0 Å². The van der Waals surface area contributed by atoms with E-state index in [0.29, 0.717) is 25.4 Å². The fourth-order valence-corrected chi connectivity index (χ4v) is 1.94. The average Bonchev–Trinajstić information content (AvgIpc) is 2.63. The van der Waals surface area contributed by atoms with Crippen molar-refractivity contribution in [2.45, 2.75) is 0 Å². The van der Waals surface area contributed by atoms with Gasteiger partial charge < -0.3 is 23.4 Å². The standard InChI is InChI=1S/C18H20O7/c1-2-17(19)24-12-10-22-8-7-21-9-11-23-16-13-14-5-3-4-6-15(14)25-18(16)20/h2-6,13H,1,7-12H2. The Bertz CT molecular complexity index is 750. The van der Waals surface area contributed by atoms with Gasteiger partial charge in [0.05, 0.1) is 26.4 Å². The van der Waals surface area contributed by atoms with E-state index in [9.17, 15) is 9.59 Å². The van der Waals surface area contributed by atoms with Gasteiger partial charge >= 0.3 is 11.6 Å². The summed E-state index contributed by atoms with van der Waals surface area (Å²) >= 11 is 0. The van der Waals surface area contributed by atoms with Crippen LogP contribution in [-0.2, 0) is 19.0 Å². The van der Waals surface area contributed by atoms with E-state index in [0.717, 1.165) is 11.5 Å². The molecule has 0 saturated heterocycles. The Balaban J connectivity index is 1.57. The van der Waals surface area contributed by atoms with Crippen LogP contribution >= 0.6 is 0 Å². The molecule has 1 aromatic carbocycles. The highest BCUT2D eigenvalue weighted by molar-refractivity contribution is 5.81. The van der Waals surface area contributed by atoms with Gasteiger partial charge in [0.25, 0.3) is 0 Å². The summed E-state index contributed by atoms with van der Waals surface area (Å²) in [7, 11) is 0. The summed E-state index contributed by atoms with van der Waals surface area (Å²) in [6, 6.07) is 8.86. The monoisotopic (exact) mass is 348 g/mol. The van der Waals surface area contributed by atoms with Crippen LogP contribution in [0.5, 0.6) is 5.75 Å². The van der Waals surface area contributed by atoms with E-state index in [-0.39, 0.29) is 25.6 Å². The van der Waals surface area contributed by atoms with Gasteiger partial charge in [-0.25, -0.2) is 9.59 Å². The molecule has 134 valence electrons. The minimum Gasteiger partial charge on any atom is -0.484 e. The van der Waals surface area contributed by atoms with Gasteiger partial charge in [-0.3, -0.25) is 0 Å². The first kappa shape index (κ1) is 18.7. The van der Waals surface area contributed by atoms with Crippen LogP contribution in [0.2, 0.25) is 0 Å². The van der Waals surface area contributed by atoms with Gasteiger partial charge in [-0.15, -0.1) is 0 Å². The SMILES string of the molecule is C=CC(=O)OCCOCCOCCOc1cc2ccccc2oc1=O. The van der Waals surface area contributed by atoms with E-state index in [4.69, 9.17) is 23.4 Å². The van der Waals surface area contributed by atoms with Crippen molar-refractivity contribution in [1.29, 1.82) is 0 Å². The van der Waals surface area contributed by atoms with Crippen LogP contribution in [0.1, 0.15) is 0 Å². The zero-order valence-corrected chi connectivity index (χ0v) is 13.8. The Morgan fingerprint density at radius 1 is 1.04 bits per heavy atom. The van der Waals surface area contributed by atoms with E-state index < -0.39 is 11.6 Å². The maximum atomic E-state index is 11.8. The molecule has 0 aliphatic heterocycles. The second-order valence-electron chi connectivity index (χ2n) is 4.88. The highest BCUT2D eigenvalue weighted by Gasteiger charge is 2.05. The van der Waals surface area contributed by atoms with Crippen molar-refractivity contribution in [3.63, 3.8) is 0 Å². The maximum absolute atomic E-state index is 11.8. The van der Waals surface area contributed by atoms with Crippen LogP contribution < -0.4 is 10.4 Å². The molecule has 7 heteroatoms. The second-order valence-corrected chi connectivity index (χ2v) is 4.88. The van der Waals surface area contributed by atoms with E-state index in [2.05, 4.69) is 6.58 Å². The molecule has 0 unspecified atom stereocenters. The minimum atomic E-state index is -0.517. The molecule has 0 bridgehead atoms. The topological polar surface area (TPSA) is 84.2 Å². The fourth-order valence-electron chi connectivity index (χ4n) is 1.94. The Labute approximate surface area is 144 Å². The number of carbonyl (C=O) groups is 1. The fraction of sp³-hybridized carbons (Fsp3) is 0.333. The predicted octanol–water partition coefficient (Wildman–Crippen LogP) is 1.93. The number of hydrogen-bond donors (Lipinski definition) is 0. The van der Waals surface area contributed by atoms with Crippen molar-refractivity contribution >= 4 is 16.9 Å². The molecule has 0 fully saturated rings. The van der Waals surface area contributed by atoms with Gasteiger partial charge in [-0.05, 0) is 12.1 Å². The maximum Gasteiger partial charge on any atom is 0.379 e. The first-order valence-corrected chi connectivity index (χ1v) is 7.81. The van der Waals surface area contributed by atoms with E-state index in [1.165, 1.54) is 0 Å². The van der Waals surface area contributed by atoms with Crippen LogP contribution in [0, 0.1) is 0 Å². The van der Waals surface area contributed by atoms with Crippen molar-refractivity contribution in [3.05, 3.63) is 53.4 Å². The zero-order valence-electron chi connectivity index (χ0n) is 13.8. The molecule has 0 aliphatic carbocycles. The minimum absolute atomic E-state index is 0.155. The lowest BCUT2D eigenvalue weighted by Gasteiger charge is -2.07. The quantitative estimate of drug-likeness (QED) is 0.265. The Morgan fingerprint density at radius 2 is 1.72 bits per heavy atom. The second kappa shape index (κ2) is 10.3. The summed E-state index contributed by atoms with van der Waals surface area (Å²) in [5, 5.41) is 0.795. The predicted molar refractivity (Wildman–Crippen MR) is 90.8 cm³/mol. The number of para-hydroxylation sites is 1. The first-order chi connectivity index (χ1) is 12.2. The number of benzene rings is 1. The van der Waals surface area contributed by atoms with Gasteiger partial charge in [0.2, 0.25) is 5.75 Å². The van der Waals surface area contributed by atoms with E-state index >= 15 is 0 Å². The zero-order chi connectivity index (χ0) is 17.9. The third-order valence-electron chi connectivity index (χ3n) is 3.11. The van der Waals surface area contributed by atoms with Gasteiger partial charge in [0, 0.05) is 11.5 Å². The molecule has 0 atom stereocenters. The number of esters is 1. The summed E-state index contributed by atoms with van der Waals surface area (Å²) in [5.41, 5.74) is 0.00289. The van der Waals surface area contributed by atoms with Crippen molar-refractivity contribution in [3.8, 4) is 5.75 Å². The number of ether oxygens (including phenoxy) is 4. The average molecular weight is 348 g/mol. The van der Waals surface area contributed by atoms with E-state index in [1.807, 2.05) is 12.1 Å². The summed E-state index contributed by atoms with van der Waals surface area (Å²) in [4.78, 5) is 22.5. The summed E-state index contributed by atoms with van der Waals surface area (Å²) in [6.07, 6.45) is 1.10. The highest BCUT2D eigenvalue weighted by Crippen LogP contribution is 2.16. The molecule has 0 spiro atoms. The molecule has 0 N–H and O–H groups in total. The molecule has 0 radical (unpaired) electrons. The normalized spacial score (nSPS) is 10.6. The Kier molecular flexibility index (Phi) is 7.68. The van der Waals surface area contributed by atoms with Crippen LogP contribution in [0.3, 0.4) is 0 Å². The van der Waals surface area contributed by atoms with Crippen LogP contribution in [0.15, 0.2) is 52.2 Å². The molecule has 2 rings (SSSR count). The number of rotatable bonds is 11. The summed E-state index contributed by atoms with van der Waals surface area (Å²) in [5.74, 6) is -0.322. The summed E-state index contributed by atoms with van der Waals surface area (Å²) in [6.45, 7) is 5.01. The van der Waals surface area contributed by atoms with Crippen LogP contribution in [0.25, 0.3) is 11.0 Å². The number of fused-ring (bicyclic) bond motifs is 1. The molecule has 0 aliphatic rings. The van der Waals surface area contributed by atoms with Gasteiger partial charge in [0.1, 0.15) is 18.8 Å². The van der Waals surface area contributed by atoms with E-state index in [1.54, 1.807) is 18.2 Å². The highest BCUT2D eigenvalue weighted by atomic mass is 16.6. The first-order valence-electron chi connectivity index (χ1n) is 7.81. The Hall–Kier alpha value is -2.64. The van der Waals surface area contributed by atoms with Gasteiger partial charge in [0.15, 0.2) is 0 Å². The number of hydrogen-bond acceptors (Lipinski definition) is 7. The van der Waals surface area contributed by atoms with Crippen molar-refractivity contribution in [2.75, 3.05) is 39.6 Å². The van der Waals surface area contributed by atoms with Crippen molar-refractivity contribution in [1.82, 2.24) is 0 Å². The largest absolute Gasteiger partial charge is 0.484 e. The lowest BCUT2D eigenvalue weighted by Crippen LogP contribution is -2.15. The van der Waals surface area contributed by atoms with Crippen LogP contribution in [0.4, 0.5) is 0 Å². The molecule has 0 amide bonds. The van der Waals surface area contributed by atoms with Crippen molar-refractivity contribution < 1.29 is 28.2 Å². The van der Waals surface area contributed by atoms with Crippen LogP contribution in [-0.4, -0.2) is 45.6 Å². The molecular formula is C18H20O7. The molecule has 1 heterocycles. The third kappa shape index (κ3) is 6.40. The third-order valence-corrected chi connectivity index (χ3v) is 3.11. The van der Waals surface area contributed by atoms with Gasteiger partial charge in [-0.2, -0.15) is 0 Å². The molecule has 25 heavy (non-hydrogen) atoms.